The number of nitrogens with zero attached hydrogens (tertiary/aromatic N) is 1. The van der Waals surface area contributed by atoms with Gasteiger partial charge in [0.05, 0.1) is 24.7 Å². The van der Waals surface area contributed by atoms with Gasteiger partial charge in [-0.25, -0.2) is 8.42 Å². The van der Waals surface area contributed by atoms with Crippen molar-refractivity contribution in [3.05, 3.63) is 59.7 Å². The summed E-state index contributed by atoms with van der Waals surface area (Å²) in [5.41, 5.74) is 1.13. The first-order valence-electron chi connectivity index (χ1n) is 8.46. The van der Waals surface area contributed by atoms with E-state index in [-0.39, 0.29) is 22.4 Å². The lowest BCUT2D eigenvalue weighted by Gasteiger charge is -2.17. The molecule has 146 valence electrons. The van der Waals surface area contributed by atoms with Crippen LogP contribution in [0.4, 0.5) is 0 Å². The first kappa shape index (κ1) is 20.9. The van der Waals surface area contributed by atoms with E-state index in [1.54, 1.807) is 6.07 Å². The molecule has 1 unspecified atom stereocenters. The molecule has 8 heteroatoms. The average molecular weight is 392 g/mol. The highest BCUT2D eigenvalue weighted by Gasteiger charge is 2.22. The molecule has 0 spiro atoms. The number of hydroxylamine groups is 1. The Hall–Kier alpha value is -2.42. The summed E-state index contributed by atoms with van der Waals surface area (Å²) in [6.45, 7) is 4.31. The second-order valence-electron chi connectivity index (χ2n) is 5.83. The van der Waals surface area contributed by atoms with Gasteiger partial charge in [0.25, 0.3) is 15.9 Å². The van der Waals surface area contributed by atoms with E-state index < -0.39 is 10.0 Å². The zero-order valence-corrected chi connectivity index (χ0v) is 16.6. The van der Waals surface area contributed by atoms with Crippen molar-refractivity contribution in [2.24, 2.45) is 0 Å². The molecular weight excluding hydrogens is 368 g/mol. The summed E-state index contributed by atoms with van der Waals surface area (Å²) in [5.74, 6) is 0.355. The number of carbonyl (C=O) groups is 1. The van der Waals surface area contributed by atoms with Crippen LogP contribution in [0.5, 0.6) is 5.75 Å². The van der Waals surface area contributed by atoms with E-state index in [1.807, 2.05) is 38.1 Å². The number of rotatable bonds is 8. The van der Waals surface area contributed by atoms with Gasteiger partial charge in [-0.05, 0) is 49.7 Å². The number of ether oxygens (including phenoxy) is 1. The predicted octanol–water partition coefficient (Wildman–Crippen LogP) is 2.76. The molecule has 0 aliphatic rings. The average Bonchev–Trinajstić information content (AvgIpc) is 2.67. The SMILES string of the molecule is CCOc1cccc(C(C)NC(=O)c2cccc(S(=O)(=O)N(C)OC)c2)c1. The Labute approximate surface area is 159 Å². The molecule has 1 atom stereocenters. The van der Waals surface area contributed by atoms with Gasteiger partial charge >= 0.3 is 0 Å². The zero-order valence-electron chi connectivity index (χ0n) is 15.8. The highest BCUT2D eigenvalue weighted by molar-refractivity contribution is 7.89. The van der Waals surface area contributed by atoms with Crippen molar-refractivity contribution in [2.45, 2.75) is 24.8 Å². The second-order valence-corrected chi connectivity index (χ2v) is 7.76. The molecule has 1 amide bonds. The van der Waals surface area contributed by atoms with E-state index in [4.69, 9.17) is 9.57 Å². The van der Waals surface area contributed by atoms with Crippen molar-refractivity contribution in [3.63, 3.8) is 0 Å². The van der Waals surface area contributed by atoms with Crippen LogP contribution >= 0.6 is 0 Å². The van der Waals surface area contributed by atoms with Crippen molar-refractivity contribution in [1.82, 2.24) is 9.79 Å². The summed E-state index contributed by atoms with van der Waals surface area (Å²) in [7, 11) is -1.28. The van der Waals surface area contributed by atoms with E-state index in [0.29, 0.717) is 6.61 Å². The van der Waals surface area contributed by atoms with Crippen LogP contribution < -0.4 is 10.1 Å². The molecule has 2 aromatic carbocycles. The van der Waals surface area contributed by atoms with E-state index in [0.717, 1.165) is 15.8 Å². The molecule has 0 radical (unpaired) electrons. The van der Waals surface area contributed by atoms with Crippen molar-refractivity contribution in [1.29, 1.82) is 0 Å². The number of nitrogens with one attached hydrogen (secondary N) is 1. The van der Waals surface area contributed by atoms with Crippen LogP contribution in [-0.2, 0) is 14.9 Å². The van der Waals surface area contributed by atoms with Crippen molar-refractivity contribution < 1.29 is 22.8 Å². The smallest absolute Gasteiger partial charge is 0.264 e. The zero-order chi connectivity index (χ0) is 20.0. The maximum absolute atomic E-state index is 12.6. The summed E-state index contributed by atoms with van der Waals surface area (Å²) in [5, 5.41) is 2.87. The van der Waals surface area contributed by atoms with E-state index in [1.165, 1.54) is 32.4 Å². The number of benzene rings is 2. The molecule has 7 nitrogen and oxygen atoms in total. The van der Waals surface area contributed by atoms with Crippen LogP contribution in [0.2, 0.25) is 0 Å². The number of carbonyl (C=O) groups excluding carboxylic acids is 1. The minimum atomic E-state index is -3.82. The van der Waals surface area contributed by atoms with Gasteiger partial charge < -0.3 is 10.1 Å². The summed E-state index contributed by atoms with van der Waals surface area (Å²) < 4.78 is 30.9. The lowest BCUT2D eigenvalue weighted by molar-refractivity contribution is -0.0258. The summed E-state index contributed by atoms with van der Waals surface area (Å²) in [6.07, 6.45) is 0. The maximum Gasteiger partial charge on any atom is 0.264 e. The molecule has 0 saturated heterocycles. The Morgan fingerprint density at radius 3 is 2.56 bits per heavy atom. The highest BCUT2D eigenvalue weighted by Crippen LogP contribution is 2.20. The molecule has 0 aliphatic heterocycles. The van der Waals surface area contributed by atoms with Crippen molar-refractivity contribution >= 4 is 15.9 Å². The largest absolute Gasteiger partial charge is 0.494 e. The van der Waals surface area contributed by atoms with E-state index in [2.05, 4.69) is 5.32 Å². The lowest BCUT2D eigenvalue weighted by atomic mass is 10.1. The Kier molecular flexibility index (Phi) is 6.95. The van der Waals surface area contributed by atoms with Crippen LogP contribution in [0, 0.1) is 0 Å². The standard InChI is InChI=1S/C19H24N2O5S/c1-5-26-17-10-6-8-15(12-17)14(2)20-19(22)16-9-7-11-18(13-16)27(23,24)21(3)25-4/h6-14H,5H2,1-4H3,(H,20,22). The fourth-order valence-corrected chi connectivity index (χ4v) is 3.47. The third-order valence-corrected chi connectivity index (χ3v) is 5.68. The summed E-state index contributed by atoms with van der Waals surface area (Å²) >= 11 is 0. The third-order valence-electron chi connectivity index (χ3n) is 4.01. The second kappa shape index (κ2) is 8.98. The number of amides is 1. The van der Waals surface area contributed by atoms with E-state index in [9.17, 15) is 13.2 Å². The molecule has 0 aromatic heterocycles. The summed E-state index contributed by atoms with van der Waals surface area (Å²) in [4.78, 5) is 17.3. The van der Waals surface area contributed by atoms with Gasteiger partial charge in [0.15, 0.2) is 0 Å². The molecule has 0 heterocycles. The van der Waals surface area contributed by atoms with Crippen LogP contribution in [0.3, 0.4) is 0 Å². The highest BCUT2D eigenvalue weighted by atomic mass is 32.2. The van der Waals surface area contributed by atoms with Gasteiger partial charge in [-0.3, -0.25) is 9.63 Å². The van der Waals surface area contributed by atoms with Crippen molar-refractivity contribution in [3.8, 4) is 5.75 Å². The van der Waals surface area contributed by atoms with Gasteiger partial charge in [-0.1, -0.05) is 22.7 Å². The number of hydrogen-bond donors (Lipinski definition) is 1. The van der Waals surface area contributed by atoms with Gasteiger partial charge in [0, 0.05) is 12.6 Å². The molecule has 1 N–H and O–H groups in total. The first-order chi connectivity index (χ1) is 12.8. The molecule has 0 fully saturated rings. The Morgan fingerprint density at radius 2 is 1.89 bits per heavy atom. The summed E-state index contributed by atoms with van der Waals surface area (Å²) in [6, 6.07) is 13.0. The Morgan fingerprint density at radius 1 is 1.19 bits per heavy atom. The molecule has 2 aromatic rings. The Balaban J connectivity index is 2.19. The molecule has 0 saturated carbocycles. The van der Waals surface area contributed by atoms with Gasteiger partial charge in [0.1, 0.15) is 5.75 Å². The number of hydrogen-bond acceptors (Lipinski definition) is 5. The quantitative estimate of drug-likeness (QED) is 0.698. The topological polar surface area (TPSA) is 84.9 Å². The minimum absolute atomic E-state index is 0.0227. The number of sulfonamides is 1. The monoisotopic (exact) mass is 392 g/mol. The fraction of sp³-hybridized carbons (Fsp3) is 0.316. The first-order valence-corrected chi connectivity index (χ1v) is 9.90. The van der Waals surface area contributed by atoms with Crippen LogP contribution in [0.25, 0.3) is 0 Å². The van der Waals surface area contributed by atoms with Crippen LogP contribution in [0.15, 0.2) is 53.4 Å². The van der Waals surface area contributed by atoms with Gasteiger partial charge in [-0.15, -0.1) is 0 Å². The van der Waals surface area contributed by atoms with Gasteiger partial charge in [0.2, 0.25) is 0 Å². The van der Waals surface area contributed by atoms with Gasteiger partial charge in [-0.2, -0.15) is 0 Å². The molecular formula is C19H24N2O5S. The molecule has 0 bridgehead atoms. The normalized spacial score (nSPS) is 12.6. The lowest BCUT2D eigenvalue weighted by Crippen LogP contribution is -2.28. The fourth-order valence-electron chi connectivity index (χ4n) is 2.45. The maximum atomic E-state index is 12.6. The van der Waals surface area contributed by atoms with E-state index >= 15 is 0 Å². The van der Waals surface area contributed by atoms with Crippen LogP contribution in [0.1, 0.15) is 35.8 Å². The van der Waals surface area contributed by atoms with Crippen molar-refractivity contribution in [2.75, 3.05) is 20.8 Å². The molecule has 27 heavy (non-hydrogen) atoms. The molecule has 2 rings (SSSR count). The Bertz CT molecular complexity index is 898. The predicted molar refractivity (Wildman–Crippen MR) is 102 cm³/mol. The third kappa shape index (κ3) is 5.06. The van der Waals surface area contributed by atoms with Crippen LogP contribution in [-0.4, -0.2) is 39.6 Å². The minimum Gasteiger partial charge on any atom is -0.494 e. The molecule has 0 aliphatic carbocycles.